The molecule has 1 aromatic carbocycles. The van der Waals surface area contributed by atoms with Crippen LogP contribution in [-0.2, 0) is 6.42 Å². The van der Waals surface area contributed by atoms with Crippen molar-refractivity contribution >= 4 is 22.9 Å². The maximum Gasteiger partial charge on any atom is 0.141 e. The van der Waals surface area contributed by atoms with E-state index in [2.05, 4.69) is 17.2 Å². The second-order valence-electron chi connectivity index (χ2n) is 4.34. The number of likely N-dealkylation sites (N-methyl/N-ethyl adjacent to an activating group) is 1. The Morgan fingerprint density at radius 3 is 2.84 bits per heavy atom. The lowest BCUT2D eigenvalue weighted by Crippen LogP contribution is -2.22. The van der Waals surface area contributed by atoms with E-state index < -0.39 is 0 Å². The predicted molar refractivity (Wildman–Crippen MR) is 78.4 cm³/mol. The molecule has 0 aliphatic carbocycles. The summed E-state index contributed by atoms with van der Waals surface area (Å²) in [6.07, 6.45) is 2.67. The average molecular weight is 299 g/mol. The minimum Gasteiger partial charge on any atom is -0.309 e. The second-order valence-corrected chi connectivity index (χ2v) is 6.02. The van der Waals surface area contributed by atoms with Gasteiger partial charge in [-0.3, -0.25) is 0 Å². The lowest BCUT2D eigenvalue weighted by Gasteiger charge is -2.16. The minimum absolute atomic E-state index is 0.174. The molecule has 0 bridgehead atoms. The Labute approximate surface area is 121 Å². The first kappa shape index (κ1) is 14.4. The van der Waals surface area contributed by atoms with E-state index in [0.717, 1.165) is 23.5 Å². The third kappa shape index (κ3) is 3.75. The Hall–Kier alpha value is -0.970. The fraction of sp³-hybridized carbons (Fsp3) is 0.357. The van der Waals surface area contributed by atoms with E-state index in [1.807, 2.05) is 13.1 Å². The van der Waals surface area contributed by atoms with Crippen LogP contribution in [0.2, 0.25) is 5.02 Å². The molecule has 19 heavy (non-hydrogen) atoms. The van der Waals surface area contributed by atoms with Crippen molar-refractivity contribution in [1.82, 2.24) is 10.3 Å². The smallest absolute Gasteiger partial charge is 0.141 e. The molecule has 2 nitrogen and oxygen atoms in total. The fourth-order valence-corrected chi connectivity index (χ4v) is 3.02. The second kappa shape index (κ2) is 6.46. The van der Waals surface area contributed by atoms with Crippen LogP contribution < -0.4 is 5.32 Å². The number of rotatable bonds is 5. The van der Waals surface area contributed by atoms with Crippen molar-refractivity contribution in [3.8, 4) is 0 Å². The van der Waals surface area contributed by atoms with Gasteiger partial charge in [0.2, 0.25) is 0 Å². The molecule has 0 saturated heterocycles. The van der Waals surface area contributed by atoms with Crippen LogP contribution in [0.5, 0.6) is 0 Å². The van der Waals surface area contributed by atoms with Crippen LogP contribution in [-0.4, -0.2) is 11.5 Å². The summed E-state index contributed by atoms with van der Waals surface area (Å²) in [6.45, 7) is 4.93. The maximum atomic E-state index is 13.2. The molecule has 0 amide bonds. The molecule has 2 aromatic rings. The van der Waals surface area contributed by atoms with E-state index in [0.29, 0.717) is 0 Å². The molecule has 0 aliphatic rings. The summed E-state index contributed by atoms with van der Waals surface area (Å²) in [6, 6.07) is 5.07. The van der Waals surface area contributed by atoms with Gasteiger partial charge in [-0.2, -0.15) is 0 Å². The SMILES string of the molecule is CCNC(Cc1ccc(F)c(Cl)c1)c1cnc(C)s1. The summed E-state index contributed by atoms with van der Waals surface area (Å²) in [5.74, 6) is -0.376. The number of aromatic nitrogens is 1. The molecular weight excluding hydrogens is 283 g/mol. The third-order valence-corrected chi connectivity index (χ3v) is 4.17. The zero-order chi connectivity index (χ0) is 13.8. The highest BCUT2D eigenvalue weighted by atomic mass is 35.5. The summed E-state index contributed by atoms with van der Waals surface area (Å²) in [5.41, 5.74) is 1.02. The van der Waals surface area contributed by atoms with Crippen molar-refractivity contribution in [3.05, 3.63) is 50.7 Å². The monoisotopic (exact) mass is 298 g/mol. The quantitative estimate of drug-likeness (QED) is 0.897. The Bertz CT molecular complexity index is 556. The first-order valence-corrected chi connectivity index (χ1v) is 7.39. The van der Waals surface area contributed by atoms with Gasteiger partial charge in [-0.05, 0) is 37.6 Å². The van der Waals surface area contributed by atoms with Gasteiger partial charge in [0, 0.05) is 17.1 Å². The number of thiazole rings is 1. The van der Waals surface area contributed by atoms with Crippen LogP contribution in [0.1, 0.15) is 28.4 Å². The van der Waals surface area contributed by atoms with Gasteiger partial charge in [-0.25, -0.2) is 9.37 Å². The maximum absolute atomic E-state index is 13.2. The largest absolute Gasteiger partial charge is 0.309 e. The summed E-state index contributed by atoms with van der Waals surface area (Å²) >= 11 is 7.50. The molecule has 0 saturated carbocycles. The summed E-state index contributed by atoms with van der Waals surface area (Å²) in [7, 11) is 0. The van der Waals surface area contributed by atoms with Crippen LogP contribution in [0.4, 0.5) is 4.39 Å². The lowest BCUT2D eigenvalue weighted by atomic mass is 10.0. The minimum atomic E-state index is -0.376. The highest BCUT2D eigenvalue weighted by molar-refractivity contribution is 7.11. The normalized spacial score (nSPS) is 12.6. The molecule has 1 aromatic heterocycles. The van der Waals surface area contributed by atoms with Crippen molar-refractivity contribution in [2.24, 2.45) is 0 Å². The molecule has 0 radical (unpaired) electrons. The van der Waals surface area contributed by atoms with E-state index in [-0.39, 0.29) is 16.9 Å². The van der Waals surface area contributed by atoms with Crippen LogP contribution in [0.25, 0.3) is 0 Å². The Morgan fingerprint density at radius 1 is 1.47 bits per heavy atom. The van der Waals surface area contributed by atoms with Crippen molar-refractivity contribution in [3.63, 3.8) is 0 Å². The highest BCUT2D eigenvalue weighted by Crippen LogP contribution is 2.25. The van der Waals surface area contributed by atoms with Gasteiger partial charge in [0.15, 0.2) is 0 Å². The number of nitrogens with zero attached hydrogens (tertiary/aromatic N) is 1. The average Bonchev–Trinajstić information content (AvgIpc) is 2.80. The summed E-state index contributed by atoms with van der Waals surface area (Å²) < 4.78 is 13.2. The van der Waals surface area contributed by atoms with Crippen LogP contribution >= 0.6 is 22.9 Å². The molecule has 5 heteroatoms. The van der Waals surface area contributed by atoms with E-state index in [4.69, 9.17) is 11.6 Å². The van der Waals surface area contributed by atoms with Gasteiger partial charge in [0.1, 0.15) is 5.82 Å². The molecule has 1 unspecified atom stereocenters. The number of benzene rings is 1. The van der Waals surface area contributed by atoms with E-state index >= 15 is 0 Å². The van der Waals surface area contributed by atoms with Gasteiger partial charge in [0.25, 0.3) is 0 Å². The molecule has 1 atom stereocenters. The summed E-state index contributed by atoms with van der Waals surface area (Å²) in [5, 5.41) is 4.65. The standard InChI is InChI=1S/C14H16ClFN2S/c1-3-17-13(14-8-18-9(2)19-14)7-10-4-5-12(16)11(15)6-10/h4-6,8,13,17H,3,7H2,1-2H3. The zero-order valence-corrected chi connectivity index (χ0v) is 12.5. The molecule has 1 N–H and O–H groups in total. The molecule has 2 rings (SSSR count). The number of hydrogen-bond acceptors (Lipinski definition) is 3. The van der Waals surface area contributed by atoms with Gasteiger partial charge in [0.05, 0.1) is 10.0 Å². The molecule has 0 fully saturated rings. The van der Waals surface area contributed by atoms with Crippen molar-refractivity contribution in [1.29, 1.82) is 0 Å². The molecular formula is C14H16ClFN2S. The predicted octanol–water partition coefficient (Wildman–Crippen LogP) is 4.14. The lowest BCUT2D eigenvalue weighted by molar-refractivity contribution is 0.556. The van der Waals surface area contributed by atoms with Gasteiger partial charge in [-0.1, -0.05) is 24.6 Å². The topological polar surface area (TPSA) is 24.9 Å². The van der Waals surface area contributed by atoms with E-state index in [9.17, 15) is 4.39 Å². The van der Waals surface area contributed by atoms with E-state index in [1.54, 1.807) is 23.5 Å². The number of hydrogen-bond donors (Lipinski definition) is 1. The van der Waals surface area contributed by atoms with E-state index in [1.165, 1.54) is 10.9 Å². The van der Waals surface area contributed by atoms with Crippen LogP contribution in [0.15, 0.2) is 24.4 Å². The molecule has 0 aliphatic heterocycles. The first-order valence-electron chi connectivity index (χ1n) is 6.19. The number of nitrogens with one attached hydrogen (secondary N) is 1. The highest BCUT2D eigenvalue weighted by Gasteiger charge is 2.14. The summed E-state index contributed by atoms with van der Waals surface area (Å²) in [4.78, 5) is 5.48. The van der Waals surface area contributed by atoms with Crippen LogP contribution in [0, 0.1) is 12.7 Å². The Kier molecular flexibility index (Phi) is 4.91. The third-order valence-electron chi connectivity index (χ3n) is 2.86. The van der Waals surface area contributed by atoms with Crippen molar-refractivity contribution in [2.45, 2.75) is 26.3 Å². The van der Waals surface area contributed by atoms with Gasteiger partial charge < -0.3 is 5.32 Å². The molecule has 102 valence electrons. The number of halogens is 2. The van der Waals surface area contributed by atoms with Gasteiger partial charge in [-0.15, -0.1) is 11.3 Å². The van der Waals surface area contributed by atoms with Crippen molar-refractivity contribution in [2.75, 3.05) is 6.54 Å². The van der Waals surface area contributed by atoms with Gasteiger partial charge >= 0.3 is 0 Å². The zero-order valence-electron chi connectivity index (χ0n) is 10.9. The molecule has 1 heterocycles. The van der Waals surface area contributed by atoms with Crippen molar-refractivity contribution < 1.29 is 4.39 Å². The first-order chi connectivity index (χ1) is 9.10. The fourth-order valence-electron chi connectivity index (χ4n) is 1.96. The Morgan fingerprint density at radius 2 is 2.26 bits per heavy atom. The molecule has 0 spiro atoms. The Balaban J connectivity index is 2.18. The number of aryl methyl sites for hydroxylation is 1. The van der Waals surface area contributed by atoms with Crippen LogP contribution in [0.3, 0.4) is 0 Å².